The van der Waals surface area contributed by atoms with Gasteiger partial charge in [-0.05, 0) is 36.1 Å². The monoisotopic (exact) mass is 275 g/mol. The van der Waals surface area contributed by atoms with Crippen LogP contribution in [0.4, 0.5) is 0 Å². The summed E-state index contributed by atoms with van der Waals surface area (Å²) in [5.74, 6) is 1.31. The highest BCUT2D eigenvalue weighted by Gasteiger charge is 2.09. The Morgan fingerprint density at radius 3 is 2.57 bits per heavy atom. The topological polar surface area (TPSA) is 35.2 Å². The molecule has 0 aliphatic rings. The van der Waals surface area contributed by atoms with Crippen molar-refractivity contribution in [1.82, 2.24) is 0 Å². The van der Waals surface area contributed by atoms with E-state index in [1.165, 1.54) is 5.56 Å². The number of rotatable bonds is 3. The molecule has 0 aliphatic heterocycles. The van der Waals surface area contributed by atoms with E-state index in [0.29, 0.717) is 5.92 Å². The molecule has 1 rings (SSSR count). The number of benzene rings is 1. The smallest absolute Gasteiger partial charge is 0.142 e. The minimum absolute atomic E-state index is 0.468. The van der Waals surface area contributed by atoms with Crippen LogP contribution in [0.5, 0.6) is 5.75 Å². The van der Waals surface area contributed by atoms with Crippen molar-refractivity contribution in [2.45, 2.75) is 26.7 Å². The van der Waals surface area contributed by atoms with E-state index in [2.05, 4.69) is 35.8 Å². The SMILES string of the molecule is Cc1cc(Br)c(C(C)C)cc1OSN. The quantitative estimate of drug-likeness (QED) is 0.674. The van der Waals surface area contributed by atoms with Gasteiger partial charge in [-0.3, -0.25) is 0 Å². The van der Waals surface area contributed by atoms with Crippen molar-refractivity contribution < 1.29 is 4.18 Å². The molecule has 78 valence electrons. The van der Waals surface area contributed by atoms with Gasteiger partial charge in [0.2, 0.25) is 0 Å². The van der Waals surface area contributed by atoms with E-state index in [-0.39, 0.29) is 0 Å². The van der Waals surface area contributed by atoms with Crippen LogP contribution >= 0.6 is 28.2 Å². The van der Waals surface area contributed by atoms with Gasteiger partial charge in [0, 0.05) is 4.47 Å². The molecule has 0 saturated heterocycles. The van der Waals surface area contributed by atoms with Crippen LogP contribution in [0.1, 0.15) is 30.9 Å². The minimum Gasteiger partial charge on any atom is -0.410 e. The Labute approximate surface area is 97.7 Å². The number of aryl methyl sites for hydroxylation is 1. The van der Waals surface area contributed by atoms with Crippen LogP contribution in [0.3, 0.4) is 0 Å². The summed E-state index contributed by atoms with van der Waals surface area (Å²) in [5.41, 5.74) is 2.32. The lowest BCUT2D eigenvalue weighted by atomic mass is 10.0. The van der Waals surface area contributed by atoms with Crippen LogP contribution in [0.15, 0.2) is 16.6 Å². The first-order valence-electron chi connectivity index (χ1n) is 4.39. The number of halogens is 1. The Morgan fingerprint density at radius 1 is 1.43 bits per heavy atom. The highest BCUT2D eigenvalue weighted by molar-refractivity contribution is 9.10. The second-order valence-corrected chi connectivity index (χ2v) is 4.69. The lowest BCUT2D eigenvalue weighted by molar-refractivity contribution is 0.637. The third-order valence-electron chi connectivity index (χ3n) is 2.05. The third-order valence-corrected chi connectivity index (χ3v) is 3.02. The Bertz CT molecular complexity index is 328. The van der Waals surface area contributed by atoms with E-state index >= 15 is 0 Å². The maximum Gasteiger partial charge on any atom is 0.142 e. The van der Waals surface area contributed by atoms with Crippen molar-refractivity contribution in [1.29, 1.82) is 0 Å². The number of hydrogen-bond acceptors (Lipinski definition) is 3. The van der Waals surface area contributed by atoms with Gasteiger partial charge in [0.05, 0.1) is 0 Å². The van der Waals surface area contributed by atoms with Crippen molar-refractivity contribution in [3.8, 4) is 5.75 Å². The van der Waals surface area contributed by atoms with Crippen LogP contribution in [0, 0.1) is 6.92 Å². The maximum atomic E-state index is 5.28. The molecule has 0 bridgehead atoms. The zero-order valence-electron chi connectivity index (χ0n) is 8.50. The molecule has 0 spiro atoms. The summed E-state index contributed by atoms with van der Waals surface area (Å²) in [6.07, 6.45) is 0. The van der Waals surface area contributed by atoms with Crippen LogP contribution in [-0.2, 0) is 0 Å². The predicted molar refractivity (Wildman–Crippen MR) is 65.4 cm³/mol. The molecule has 0 aromatic heterocycles. The van der Waals surface area contributed by atoms with E-state index in [1.807, 2.05) is 13.0 Å². The molecule has 0 atom stereocenters. The molecule has 0 heterocycles. The van der Waals surface area contributed by atoms with E-state index in [4.69, 9.17) is 9.32 Å². The minimum atomic E-state index is 0.468. The summed E-state index contributed by atoms with van der Waals surface area (Å²) in [7, 11) is 0. The third kappa shape index (κ3) is 2.65. The molecule has 0 radical (unpaired) electrons. The van der Waals surface area contributed by atoms with E-state index in [9.17, 15) is 0 Å². The number of hydrogen-bond donors (Lipinski definition) is 1. The molecule has 14 heavy (non-hydrogen) atoms. The molecule has 1 aromatic carbocycles. The predicted octanol–water partition coefficient (Wildman–Crippen LogP) is 3.78. The van der Waals surface area contributed by atoms with Gasteiger partial charge in [-0.2, -0.15) is 0 Å². The second kappa shape index (κ2) is 5.05. The van der Waals surface area contributed by atoms with E-state index in [1.54, 1.807) is 0 Å². The molecule has 4 heteroatoms. The van der Waals surface area contributed by atoms with Crippen LogP contribution in [0.25, 0.3) is 0 Å². The highest BCUT2D eigenvalue weighted by Crippen LogP contribution is 2.32. The van der Waals surface area contributed by atoms with E-state index in [0.717, 1.165) is 28.0 Å². The molecule has 0 saturated carbocycles. The maximum absolute atomic E-state index is 5.28. The molecule has 0 fully saturated rings. The molecule has 0 aliphatic carbocycles. The van der Waals surface area contributed by atoms with Gasteiger partial charge >= 0.3 is 0 Å². The van der Waals surface area contributed by atoms with Gasteiger partial charge in [-0.15, -0.1) is 0 Å². The second-order valence-electron chi connectivity index (χ2n) is 3.47. The highest BCUT2D eigenvalue weighted by atomic mass is 79.9. The normalized spacial score (nSPS) is 10.7. The molecule has 2 N–H and O–H groups in total. The van der Waals surface area contributed by atoms with Crippen LogP contribution in [0.2, 0.25) is 0 Å². The summed E-state index contributed by atoms with van der Waals surface area (Å²) in [6.45, 7) is 6.30. The average Bonchev–Trinajstić information content (AvgIpc) is 2.09. The van der Waals surface area contributed by atoms with E-state index < -0.39 is 0 Å². The fourth-order valence-corrected chi connectivity index (χ4v) is 2.45. The first kappa shape index (κ1) is 11.9. The Hall–Kier alpha value is -0.190. The fraction of sp³-hybridized carbons (Fsp3) is 0.400. The van der Waals surface area contributed by atoms with Crippen LogP contribution < -0.4 is 9.32 Å². The molecular weight excluding hydrogens is 262 g/mol. The molecule has 2 nitrogen and oxygen atoms in total. The summed E-state index contributed by atoms with van der Waals surface area (Å²) in [4.78, 5) is 0. The van der Waals surface area contributed by atoms with Crippen LogP contribution in [-0.4, -0.2) is 0 Å². The van der Waals surface area contributed by atoms with Crippen molar-refractivity contribution in [3.63, 3.8) is 0 Å². The molecule has 0 amide bonds. The fourth-order valence-electron chi connectivity index (χ4n) is 1.25. The van der Waals surface area contributed by atoms with Crippen molar-refractivity contribution >= 4 is 28.2 Å². The van der Waals surface area contributed by atoms with Crippen molar-refractivity contribution in [2.75, 3.05) is 0 Å². The van der Waals surface area contributed by atoms with Gasteiger partial charge in [0.25, 0.3) is 0 Å². The first-order chi connectivity index (χ1) is 6.56. The van der Waals surface area contributed by atoms with Gasteiger partial charge in [0.15, 0.2) is 0 Å². The molecule has 1 aromatic rings. The largest absolute Gasteiger partial charge is 0.410 e. The zero-order chi connectivity index (χ0) is 10.7. The summed E-state index contributed by atoms with van der Waals surface area (Å²) >= 11 is 4.42. The van der Waals surface area contributed by atoms with Gasteiger partial charge in [-0.1, -0.05) is 29.8 Å². The molecular formula is C10H14BrNOS. The van der Waals surface area contributed by atoms with Gasteiger partial charge in [0.1, 0.15) is 18.0 Å². The summed E-state index contributed by atoms with van der Waals surface area (Å²) in [6, 6.07) is 4.09. The summed E-state index contributed by atoms with van der Waals surface area (Å²) in [5, 5.41) is 5.28. The Kier molecular flexibility index (Phi) is 4.29. The van der Waals surface area contributed by atoms with Gasteiger partial charge < -0.3 is 4.18 Å². The summed E-state index contributed by atoms with van der Waals surface area (Å²) < 4.78 is 6.38. The standard InChI is InChI=1S/C10H14BrNOS/c1-6(2)8-5-10(13-14-12)7(3)4-9(8)11/h4-6H,12H2,1-3H3. The van der Waals surface area contributed by atoms with Crippen molar-refractivity contribution in [2.24, 2.45) is 5.14 Å². The lowest BCUT2D eigenvalue weighted by Crippen LogP contribution is -1.95. The molecule has 0 unspecified atom stereocenters. The Balaban J connectivity index is 3.13. The average molecular weight is 276 g/mol. The van der Waals surface area contributed by atoms with Gasteiger partial charge in [-0.25, -0.2) is 5.14 Å². The zero-order valence-corrected chi connectivity index (χ0v) is 10.9. The lowest BCUT2D eigenvalue weighted by Gasteiger charge is -2.12. The first-order valence-corrected chi connectivity index (χ1v) is 5.99. The van der Waals surface area contributed by atoms with Crippen molar-refractivity contribution in [3.05, 3.63) is 27.7 Å². The number of nitrogens with two attached hydrogens (primary N) is 1. The Morgan fingerprint density at radius 2 is 2.07 bits per heavy atom.